The van der Waals surface area contributed by atoms with Gasteiger partial charge < -0.3 is 20.2 Å². The van der Waals surface area contributed by atoms with Gasteiger partial charge in [0.05, 0.1) is 6.61 Å². The monoisotopic (exact) mass is 285 g/mol. The van der Waals surface area contributed by atoms with E-state index in [0.29, 0.717) is 12.6 Å². The zero-order chi connectivity index (χ0) is 15.0. The summed E-state index contributed by atoms with van der Waals surface area (Å²) in [4.78, 5) is 16.3. The maximum absolute atomic E-state index is 12.3. The third kappa shape index (κ3) is 5.67. The summed E-state index contributed by atoms with van der Waals surface area (Å²) < 4.78 is 0. The Bertz CT molecular complexity index is 284. The third-order valence-electron chi connectivity index (χ3n) is 4.14. The summed E-state index contributed by atoms with van der Waals surface area (Å²) >= 11 is 0. The second-order valence-electron chi connectivity index (χ2n) is 5.99. The van der Waals surface area contributed by atoms with Crippen LogP contribution in [-0.4, -0.2) is 66.8 Å². The lowest BCUT2D eigenvalue weighted by Crippen LogP contribution is -2.49. The lowest BCUT2D eigenvalue weighted by Gasteiger charge is -2.35. The average molecular weight is 285 g/mol. The van der Waals surface area contributed by atoms with Gasteiger partial charge in [-0.1, -0.05) is 13.3 Å². The van der Waals surface area contributed by atoms with E-state index in [9.17, 15) is 4.79 Å². The molecule has 0 aliphatic heterocycles. The van der Waals surface area contributed by atoms with Crippen LogP contribution in [0.15, 0.2) is 0 Å². The lowest BCUT2D eigenvalue weighted by atomic mass is 9.90. The Hall–Kier alpha value is -0.810. The van der Waals surface area contributed by atoms with Crippen molar-refractivity contribution < 1.29 is 9.90 Å². The second kappa shape index (κ2) is 9.19. The summed E-state index contributed by atoms with van der Waals surface area (Å²) in [6.07, 6.45) is 6.52. The van der Waals surface area contributed by atoms with Crippen LogP contribution in [0.4, 0.5) is 4.79 Å². The number of urea groups is 1. The molecule has 2 atom stereocenters. The van der Waals surface area contributed by atoms with Gasteiger partial charge in [0.1, 0.15) is 0 Å². The molecule has 2 unspecified atom stereocenters. The zero-order valence-electron chi connectivity index (χ0n) is 13.3. The fourth-order valence-corrected chi connectivity index (χ4v) is 2.81. The molecule has 5 heteroatoms. The van der Waals surface area contributed by atoms with Crippen molar-refractivity contribution in [3.63, 3.8) is 0 Å². The van der Waals surface area contributed by atoms with Crippen molar-refractivity contribution in [1.82, 2.24) is 15.1 Å². The number of aliphatic hydroxyl groups excluding tert-OH is 1. The van der Waals surface area contributed by atoms with Crippen molar-refractivity contribution in [2.75, 3.05) is 33.8 Å². The van der Waals surface area contributed by atoms with E-state index in [1.165, 1.54) is 12.8 Å². The van der Waals surface area contributed by atoms with Crippen LogP contribution >= 0.6 is 0 Å². The Morgan fingerprint density at radius 3 is 2.65 bits per heavy atom. The quantitative estimate of drug-likeness (QED) is 0.748. The van der Waals surface area contributed by atoms with E-state index in [-0.39, 0.29) is 18.7 Å². The minimum absolute atomic E-state index is 0.0168. The molecule has 0 aromatic heterocycles. The highest BCUT2D eigenvalue weighted by Crippen LogP contribution is 2.21. The fraction of sp³-hybridized carbons (Fsp3) is 0.933. The molecule has 1 saturated carbocycles. The molecule has 20 heavy (non-hydrogen) atoms. The molecule has 0 aromatic carbocycles. The van der Waals surface area contributed by atoms with Crippen LogP contribution in [0.3, 0.4) is 0 Å². The Labute approximate surface area is 123 Å². The van der Waals surface area contributed by atoms with Crippen molar-refractivity contribution in [3.8, 4) is 0 Å². The van der Waals surface area contributed by atoms with Crippen LogP contribution in [0.25, 0.3) is 0 Å². The number of amides is 2. The maximum atomic E-state index is 12.3. The van der Waals surface area contributed by atoms with Crippen molar-refractivity contribution in [3.05, 3.63) is 0 Å². The van der Waals surface area contributed by atoms with Crippen LogP contribution < -0.4 is 5.32 Å². The van der Waals surface area contributed by atoms with E-state index in [0.717, 1.165) is 32.2 Å². The Kier molecular flexibility index (Phi) is 7.92. The van der Waals surface area contributed by atoms with Gasteiger partial charge >= 0.3 is 6.03 Å². The fourth-order valence-electron chi connectivity index (χ4n) is 2.81. The van der Waals surface area contributed by atoms with Crippen LogP contribution in [-0.2, 0) is 0 Å². The zero-order valence-corrected chi connectivity index (χ0v) is 13.3. The molecular weight excluding hydrogens is 254 g/mol. The molecule has 1 fully saturated rings. The number of unbranched alkanes of at least 4 members (excludes halogenated alkanes) is 1. The number of nitrogens with one attached hydrogen (secondary N) is 1. The molecule has 0 heterocycles. The normalized spacial score (nSPS) is 22.9. The topological polar surface area (TPSA) is 55.8 Å². The number of hydrogen-bond donors (Lipinski definition) is 2. The first kappa shape index (κ1) is 17.2. The molecule has 0 spiro atoms. The van der Waals surface area contributed by atoms with E-state index < -0.39 is 0 Å². The number of carbonyl (C=O) groups excluding carboxylic acids is 1. The van der Waals surface area contributed by atoms with Crippen LogP contribution in [0.2, 0.25) is 0 Å². The van der Waals surface area contributed by atoms with Gasteiger partial charge in [0.2, 0.25) is 0 Å². The van der Waals surface area contributed by atoms with Gasteiger partial charge in [0.15, 0.2) is 0 Å². The minimum Gasteiger partial charge on any atom is -0.395 e. The number of aliphatic hydroxyl groups is 1. The predicted molar refractivity (Wildman–Crippen MR) is 81.8 cm³/mol. The van der Waals surface area contributed by atoms with E-state index in [1.807, 2.05) is 0 Å². The minimum atomic E-state index is -0.0168. The number of rotatable bonds is 7. The molecule has 0 radical (unpaired) electrons. The van der Waals surface area contributed by atoms with Gasteiger partial charge in [0.25, 0.3) is 0 Å². The first-order chi connectivity index (χ1) is 9.58. The molecule has 1 aliphatic carbocycles. The average Bonchev–Trinajstić information content (AvgIpc) is 2.43. The van der Waals surface area contributed by atoms with E-state index in [4.69, 9.17) is 5.11 Å². The third-order valence-corrected chi connectivity index (χ3v) is 4.14. The molecule has 1 aliphatic rings. The Balaban J connectivity index is 2.45. The predicted octanol–water partition coefficient (Wildman–Crippen LogP) is 1.66. The highest BCUT2D eigenvalue weighted by molar-refractivity contribution is 5.74. The summed E-state index contributed by atoms with van der Waals surface area (Å²) in [6.45, 7) is 3.29. The highest BCUT2D eigenvalue weighted by Gasteiger charge is 2.25. The number of nitrogens with zero attached hydrogens (tertiary/aromatic N) is 2. The van der Waals surface area contributed by atoms with E-state index in [1.54, 1.807) is 4.90 Å². The standard InChI is InChI=1S/C15H31N3O2/c1-4-5-9-18(10-11-19)15(20)16-13-7-6-8-14(12-13)17(2)3/h13-14,19H,4-12H2,1-3H3,(H,16,20). The van der Waals surface area contributed by atoms with Gasteiger partial charge in [-0.05, 0) is 46.2 Å². The van der Waals surface area contributed by atoms with Gasteiger partial charge in [-0.3, -0.25) is 0 Å². The summed E-state index contributed by atoms with van der Waals surface area (Å²) in [5, 5.41) is 12.2. The van der Waals surface area contributed by atoms with Gasteiger partial charge in [-0.15, -0.1) is 0 Å². The summed E-state index contributed by atoms with van der Waals surface area (Å²) in [5.41, 5.74) is 0. The van der Waals surface area contributed by atoms with Crippen molar-refractivity contribution in [1.29, 1.82) is 0 Å². The van der Waals surface area contributed by atoms with Gasteiger partial charge in [-0.25, -0.2) is 4.79 Å². The van der Waals surface area contributed by atoms with Gasteiger partial charge in [0, 0.05) is 25.2 Å². The molecule has 2 amide bonds. The van der Waals surface area contributed by atoms with E-state index in [2.05, 4.69) is 31.2 Å². The van der Waals surface area contributed by atoms with Crippen LogP contribution in [0.1, 0.15) is 45.4 Å². The van der Waals surface area contributed by atoms with Gasteiger partial charge in [-0.2, -0.15) is 0 Å². The molecule has 0 bridgehead atoms. The SMILES string of the molecule is CCCCN(CCO)C(=O)NC1CCCC(N(C)C)C1. The molecule has 0 saturated heterocycles. The summed E-state index contributed by atoms with van der Waals surface area (Å²) in [6, 6.07) is 0.819. The lowest BCUT2D eigenvalue weighted by molar-refractivity contribution is 0.160. The first-order valence-corrected chi connectivity index (χ1v) is 7.91. The molecule has 5 nitrogen and oxygen atoms in total. The van der Waals surface area contributed by atoms with Crippen molar-refractivity contribution >= 4 is 6.03 Å². The first-order valence-electron chi connectivity index (χ1n) is 7.91. The maximum Gasteiger partial charge on any atom is 0.317 e. The van der Waals surface area contributed by atoms with Crippen molar-refractivity contribution in [2.24, 2.45) is 0 Å². The second-order valence-corrected chi connectivity index (χ2v) is 5.99. The Morgan fingerprint density at radius 2 is 2.05 bits per heavy atom. The molecule has 0 aromatic rings. The number of hydrogen-bond acceptors (Lipinski definition) is 3. The largest absolute Gasteiger partial charge is 0.395 e. The summed E-state index contributed by atoms with van der Waals surface area (Å²) in [5.74, 6) is 0. The molecule has 118 valence electrons. The molecule has 1 rings (SSSR count). The number of carbonyl (C=O) groups is 1. The smallest absolute Gasteiger partial charge is 0.317 e. The molecule has 2 N–H and O–H groups in total. The Morgan fingerprint density at radius 1 is 1.30 bits per heavy atom. The summed E-state index contributed by atoms with van der Waals surface area (Å²) in [7, 11) is 4.21. The van der Waals surface area contributed by atoms with E-state index >= 15 is 0 Å². The van der Waals surface area contributed by atoms with Crippen LogP contribution in [0.5, 0.6) is 0 Å². The highest BCUT2D eigenvalue weighted by atomic mass is 16.3. The molecular formula is C15H31N3O2. The van der Waals surface area contributed by atoms with Crippen molar-refractivity contribution in [2.45, 2.75) is 57.5 Å². The van der Waals surface area contributed by atoms with Crippen LogP contribution in [0, 0.1) is 0 Å².